The van der Waals surface area contributed by atoms with Gasteiger partial charge in [-0.05, 0) is 67.7 Å². The van der Waals surface area contributed by atoms with E-state index in [2.05, 4.69) is 22.5 Å². The number of amides is 1. The van der Waals surface area contributed by atoms with Gasteiger partial charge in [-0.15, -0.1) is 0 Å². The Morgan fingerprint density at radius 3 is 2.58 bits per heavy atom. The van der Waals surface area contributed by atoms with E-state index < -0.39 is 0 Å². The summed E-state index contributed by atoms with van der Waals surface area (Å²) in [5.41, 5.74) is 2.32. The van der Waals surface area contributed by atoms with Gasteiger partial charge in [0.05, 0.1) is 17.7 Å². The van der Waals surface area contributed by atoms with Crippen LogP contribution in [0.2, 0.25) is 0 Å². The Hall–Kier alpha value is -2.73. The summed E-state index contributed by atoms with van der Waals surface area (Å²) in [7, 11) is 0. The van der Waals surface area contributed by atoms with Crippen LogP contribution in [0.15, 0.2) is 54.6 Å². The molecule has 6 heteroatoms. The molecule has 2 aromatic carbocycles. The summed E-state index contributed by atoms with van der Waals surface area (Å²) in [5, 5.41) is 7.23. The van der Waals surface area contributed by atoms with E-state index in [1.54, 1.807) is 0 Å². The topological polar surface area (TPSA) is 63.2 Å². The van der Waals surface area contributed by atoms with Crippen molar-refractivity contribution in [2.45, 2.75) is 33.1 Å². The van der Waals surface area contributed by atoms with Gasteiger partial charge in [-0.3, -0.25) is 4.79 Å². The number of nitrogens with zero attached hydrogens (tertiary/aromatic N) is 1. The summed E-state index contributed by atoms with van der Waals surface area (Å²) in [6, 6.07) is 17.3. The number of nitrogens with one attached hydrogen (secondary N) is 2. The van der Waals surface area contributed by atoms with Crippen LogP contribution in [0.1, 0.15) is 43.5 Å². The monoisotopic (exact) mass is 437 g/mol. The Kier molecular flexibility index (Phi) is 9.03. The van der Waals surface area contributed by atoms with Crippen molar-refractivity contribution in [3.8, 4) is 5.75 Å². The van der Waals surface area contributed by atoms with Crippen molar-refractivity contribution >= 4 is 40.1 Å². The highest BCUT2D eigenvalue weighted by Gasteiger charge is 2.13. The quantitative estimate of drug-likeness (QED) is 0.339. The number of carbonyl (C=O) groups is 1. The standard InChI is InChI=1S/C25H31N3O2S/c1-3-5-16-31-17-8-15-26-25(29)22-18-24(28-23-10-7-6-9-21(22)23)27-19-11-13-20(14-12-19)30-4-2/h6-7,9-14,18H,3-5,8,15-17H2,1-2H3,(H,26,29)(H,27,28). The molecule has 1 aromatic heterocycles. The number of hydrogen-bond donors (Lipinski definition) is 2. The first-order valence-corrected chi connectivity index (χ1v) is 12.1. The van der Waals surface area contributed by atoms with Crippen molar-refractivity contribution in [2.75, 3.05) is 30.0 Å². The fourth-order valence-corrected chi connectivity index (χ4v) is 4.24. The third-order valence-electron chi connectivity index (χ3n) is 4.79. The molecule has 5 nitrogen and oxygen atoms in total. The Bertz CT molecular complexity index is 976. The fraction of sp³-hybridized carbons (Fsp3) is 0.360. The Morgan fingerprint density at radius 1 is 1.03 bits per heavy atom. The number of pyridine rings is 1. The molecule has 0 aliphatic carbocycles. The number of ether oxygens (including phenoxy) is 1. The van der Waals surface area contributed by atoms with Gasteiger partial charge in [-0.1, -0.05) is 31.5 Å². The van der Waals surface area contributed by atoms with Crippen LogP contribution in [-0.4, -0.2) is 35.5 Å². The molecule has 3 rings (SSSR count). The van der Waals surface area contributed by atoms with Gasteiger partial charge in [0, 0.05) is 17.6 Å². The fourth-order valence-electron chi connectivity index (χ4n) is 3.20. The summed E-state index contributed by atoms with van der Waals surface area (Å²) < 4.78 is 5.50. The second-order valence-corrected chi connectivity index (χ2v) is 8.45. The third kappa shape index (κ3) is 6.89. The molecule has 2 N–H and O–H groups in total. The molecule has 0 saturated heterocycles. The van der Waals surface area contributed by atoms with Gasteiger partial charge in [-0.25, -0.2) is 4.98 Å². The number of anilines is 2. The van der Waals surface area contributed by atoms with Crippen LogP contribution in [0.4, 0.5) is 11.5 Å². The van der Waals surface area contributed by atoms with E-state index in [0.717, 1.165) is 34.5 Å². The predicted molar refractivity (Wildman–Crippen MR) is 132 cm³/mol. The maximum absolute atomic E-state index is 12.9. The van der Waals surface area contributed by atoms with E-state index in [1.807, 2.05) is 73.3 Å². The number of unbranched alkanes of at least 4 members (excludes halogenated alkanes) is 1. The molecule has 3 aromatic rings. The first kappa shape index (κ1) is 22.9. The summed E-state index contributed by atoms with van der Waals surface area (Å²) in [6.07, 6.45) is 3.45. The summed E-state index contributed by atoms with van der Waals surface area (Å²) in [6.45, 7) is 5.48. The lowest BCUT2D eigenvalue weighted by Crippen LogP contribution is -2.25. The average Bonchev–Trinajstić information content (AvgIpc) is 2.79. The van der Waals surface area contributed by atoms with Crippen molar-refractivity contribution in [3.63, 3.8) is 0 Å². The van der Waals surface area contributed by atoms with Gasteiger partial charge in [0.1, 0.15) is 11.6 Å². The van der Waals surface area contributed by atoms with Crippen LogP contribution in [-0.2, 0) is 0 Å². The Labute approximate surface area is 189 Å². The number of para-hydroxylation sites is 1. The second-order valence-electron chi connectivity index (χ2n) is 7.23. The molecule has 0 saturated carbocycles. The highest BCUT2D eigenvalue weighted by Crippen LogP contribution is 2.24. The lowest BCUT2D eigenvalue weighted by atomic mass is 10.1. The summed E-state index contributed by atoms with van der Waals surface area (Å²) in [4.78, 5) is 17.6. The molecule has 0 bridgehead atoms. The molecular weight excluding hydrogens is 406 g/mol. The highest BCUT2D eigenvalue weighted by molar-refractivity contribution is 7.99. The zero-order valence-electron chi connectivity index (χ0n) is 18.3. The zero-order valence-corrected chi connectivity index (χ0v) is 19.1. The molecule has 0 unspecified atom stereocenters. The van der Waals surface area contributed by atoms with Crippen molar-refractivity contribution in [1.29, 1.82) is 0 Å². The van der Waals surface area contributed by atoms with Crippen LogP contribution in [0.3, 0.4) is 0 Å². The van der Waals surface area contributed by atoms with Gasteiger partial charge < -0.3 is 15.4 Å². The van der Waals surface area contributed by atoms with Gasteiger partial charge >= 0.3 is 0 Å². The second kappa shape index (κ2) is 12.2. The minimum atomic E-state index is -0.0631. The normalized spacial score (nSPS) is 10.8. The molecule has 0 aliphatic heterocycles. The number of carbonyl (C=O) groups excluding carboxylic acids is 1. The van der Waals surface area contributed by atoms with E-state index in [0.29, 0.717) is 24.5 Å². The molecule has 0 fully saturated rings. The van der Waals surface area contributed by atoms with E-state index in [1.165, 1.54) is 18.6 Å². The van der Waals surface area contributed by atoms with E-state index >= 15 is 0 Å². The van der Waals surface area contributed by atoms with E-state index in [9.17, 15) is 4.79 Å². The summed E-state index contributed by atoms with van der Waals surface area (Å²) >= 11 is 1.96. The van der Waals surface area contributed by atoms with Gasteiger partial charge in [0.25, 0.3) is 5.91 Å². The zero-order chi connectivity index (χ0) is 21.9. The van der Waals surface area contributed by atoms with Crippen LogP contribution in [0.5, 0.6) is 5.75 Å². The van der Waals surface area contributed by atoms with Crippen molar-refractivity contribution in [1.82, 2.24) is 10.3 Å². The molecule has 1 amide bonds. The van der Waals surface area contributed by atoms with Crippen LogP contribution >= 0.6 is 11.8 Å². The number of benzene rings is 2. The van der Waals surface area contributed by atoms with Crippen molar-refractivity contribution < 1.29 is 9.53 Å². The smallest absolute Gasteiger partial charge is 0.252 e. The first-order chi connectivity index (χ1) is 15.2. The number of thioether (sulfide) groups is 1. The lowest BCUT2D eigenvalue weighted by molar-refractivity contribution is 0.0955. The SMILES string of the molecule is CCCCSCCCNC(=O)c1cc(Nc2ccc(OCC)cc2)nc2ccccc12. The first-order valence-electron chi connectivity index (χ1n) is 11.0. The molecule has 0 spiro atoms. The van der Waals surface area contributed by atoms with Crippen molar-refractivity contribution in [3.05, 3.63) is 60.2 Å². The number of hydrogen-bond acceptors (Lipinski definition) is 5. The minimum absolute atomic E-state index is 0.0631. The highest BCUT2D eigenvalue weighted by atomic mass is 32.2. The Morgan fingerprint density at radius 2 is 1.81 bits per heavy atom. The molecule has 1 heterocycles. The van der Waals surface area contributed by atoms with Crippen LogP contribution in [0, 0.1) is 0 Å². The van der Waals surface area contributed by atoms with Gasteiger partial charge in [0.2, 0.25) is 0 Å². The summed E-state index contributed by atoms with van der Waals surface area (Å²) in [5.74, 6) is 3.67. The predicted octanol–water partition coefficient (Wildman–Crippen LogP) is 6.03. The molecular formula is C25H31N3O2S. The largest absolute Gasteiger partial charge is 0.494 e. The van der Waals surface area contributed by atoms with Crippen molar-refractivity contribution in [2.24, 2.45) is 0 Å². The minimum Gasteiger partial charge on any atom is -0.494 e. The van der Waals surface area contributed by atoms with Crippen LogP contribution < -0.4 is 15.4 Å². The number of aromatic nitrogens is 1. The Balaban J connectivity index is 1.69. The number of rotatable bonds is 12. The lowest BCUT2D eigenvalue weighted by Gasteiger charge is -2.12. The maximum Gasteiger partial charge on any atom is 0.252 e. The van der Waals surface area contributed by atoms with Gasteiger partial charge in [0.15, 0.2) is 0 Å². The van der Waals surface area contributed by atoms with E-state index in [-0.39, 0.29) is 5.91 Å². The number of fused-ring (bicyclic) bond motifs is 1. The maximum atomic E-state index is 12.9. The molecule has 0 atom stereocenters. The van der Waals surface area contributed by atoms with E-state index in [4.69, 9.17) is 4.74 Å². The van der Waals surface area contributed by atoms with Gasteiger partial charge in [-0.2, -0.15) is 11.8 Å². The average molecular weight is 438 g/mol. The van der Waals surface area contributed by atoms with Crippen LogP contribution in [0.25, 0.3) is 10.9 Å². The third-order valence-corrected chi connectivity index (χ3v) is 5.95. The molecule has 31 heavy (non-hydrogen) atoms. The molecule has 0 radical (unpaired) electrons. The molecule has 164 valence electrons. The molecule has 0 aliphatic rings.